The highest BCUT2D eigenvalue weighted by atomic mass is 16.5. The van der Waals surface area contributed by atoms with E-state index in [0.29, 0.717) is 5.17 Å². The molecule has 0 aromatic rings. The minimum Gasteiger partial charge on any atom is -0.480 e. The Morgan fingerprint density at radius 1 is 1.73 bits per heavy atom. The first-order valence-electron chi connectivity index (χ1n) is 3.11. The van der Waals surface area contributed by atoms with E-state index in [1.165, 1.54) is 0 Å². The number of hydrogen-bond donors (Lipinski definition) is 3. The summed E-state index contributed by atoms with van der Waals surface area (Å²) in [7, 11) is 0. The van der Waals surface area contributed by atoms with Crippen LogP contribution >= 0.6 is 0 Å². The number of aliphatic carboxylic acids is 1. The average Bonchev–Trinajstić information content (AvgIpc) is 1.85. The lowest BCUT2D eigenvalue weighted by molar-refractivity contribution is -0.202. The van der Waals surface area contributed by atoms with Crippen molar-refractivity contribution in [3.05, 3.63) is 0 Å². The zero-order valence-corrected chi connectivity index (χ0v) is 5.65. The Kier molecular flexibility index (Phi) is 2.06. The van der Waals surface area contributed by atoms with Gasteiger partial charge in [-0.05, 0) is 6.42 Å². The molecule has 3 N–H and O–H groups in total. The molecular formula is C5H8N2O4. The van der Waals surface area contributed by atoms with Gasteiger partial charge in [0.25, 0.3) is 0 Å². The number of rotatable bonds is 1. The quantitative estimate of drug-likeness (QED) is 0.455. The van der Waals surface area contributed by atoms with Gasteiger partial charge in [0.2, 0.25) is 5.91 Å². The molecule has 6 nitrogen and oxygen atoms in total. The number of carbonyl (C=O) groups excluding carboxylic acids is 1. The lowest BCUT2D eigenvalue weighted by Crippen LogP contribution is -2.53. The van der Waals surface area contributed by atoms with Crippen LogP contribution in [-0.4, -0.2) is 33.4 Å². The highest BCUT2D eigenvalue weighted by Gasteiger charge is 2.30. The van der Waals surface area contributed by atoms with Crippen LogP contribution < -0.4 is 5.43 Å². The molecule has 1 unspecified atom stereocenters. The Balaban J connectivity index is 2.57. The number of carboxylic acids is 1. The van der Waals surface area contributed by atoms with Crippen LogP contribution in [0.4, 0.5) is 0 Å². The third kappa shape index (κ3) is 1.66. The molecule has 1 heterocycles. The molecule has 0 saturated carbocycles. The summed E-state index contributed by atoms with van der Waals surface area (Å²) in [5, 5.41) is 17.6. The van der Waals surface area contributed by atoms with Gasteiger partial charge in [-0.3, -0.25) is 20.2 Å². The number of hydroxylamine groups is 1. The SMILES string of the molecule is O=C1CCC(C(=O)O)N(O)N1. The second-order valence-corrected chi connectivity index (χ2v) is 2.27. The Morgan fingerprint density at radius 3 is 2.82 bits per heavy atom. The molecule has 6 heteroatoms. The van der Waals surface area contributed by atoms with Crippen molar-refractivity contribution >= 4 is 11.9 Å². The molecule has 1 fully saturated rings. The monoisotopic (exact) mass is 160 g/mol. The number of hydrogen-bond acceptors (Lipinski definition) is 4. The third-order valence-electron chi connectivity index (χ3n) is 1.46. The van der Waals surface area contributed by atoms with E-state index in [1.54, 1.807) is 0 Å². The molecule has 1 aliphatic rings. The van der Waals surface area contributed by atoms with Crippen LogP contribution in [0.1, 0.15) is 12.8 Å². The number of hydrazine groups is 1. The molecule has 0 bridgehead atoms. The predicted molar refractivity (Wildman–Crippen MR) is 32.4 cm³/mol. The van der Waals surface area contributed by atoms with Gasteiger partial charge in [0.05, 0.1) is 0 Å². The van der Waals surface area contributed by atoms with Gasteiger partial charge in [-0.2, -0.15) is 0 Å². The largest absolute Gasteiger partial charge is 0.480 e. The van der Waals surface area contributed by atoms with Crippen LogP contribution in [0, 0.1) is 0 Å². The molecule has 0 spiro atoms. The first-order valence-corrected chi connectivity index (χ1v) is 3.11. The van der Waals surface area contributed by atoms with Gasteiger partial charge in [-0.15, -0.1) is 0 Å². The van der Waals surface area contributed by atoms with Gasteiger partial charge in [0, 0.05) is 6.42 Å². The fraction of sp³-hybridized carbons (Fsp3) is 0.600. The molecule has 11 heavy (non-hydrogen) atoms. The van der Waals surface area contributed by atoms with Gasteiger partial charge in [-0.25, -0.2) is 0 Å². The Morgan fingerprint density at radius 2 is 2.36 bits per heavy atom. The molecular weight excluding hydrogens is 152 g/mol. The van der Waals surface area contributed by atoms with Crippen molar-refractivity contribution in [1.82, 2.24) is 10.6 Å². The Hall–Kier alpha value is -1.14. The molecule has 1 aliphatic heterocycles. The predicted octanol–water partition coefficient (Wildman–Crippen LogP) is -1.04. The maximum Gasteiger partial charge on any atom is 0.325 e. The highest BCUT2D eigenvalue weighted by molar-refractivity contribution is 5.80. The van der Waals surface area contributed by atoms with Crippen LogP contribution in [0.2, 0.25) is 0 Å². The Bertz CT molecular complexity index is 193. The summed E-state index contributed by atoms with van der Waals surface area (Å²) in [5.74, 6) is -1.52. The lowest BCUT2D eigenvalue weighted by atomic mass is 10.1. The summed E-state index contributed by atoms with van der Waals surface area (Å²) in [6, 6.07) is -1.02. The summed E-state index contributed by atoms with van der Waals surface area (Å²) >= 11 is 0. The van der Waals surface area contributed by atoms with Crippen LogP contribution in [0.3, 0.4) is 0 Å². The maximum absolute atomic E-state index is 10.5. The molecule has 1 rings (SSSR count). The minimum atomic E-state index is -1.15. The average molecular weight is 160 g/mol. The molecule has 0 aliphatic carbocycles. The van der Waals surface area contributed by atoms with E-state index in [1.807, 2.05) is 5.43 Å². The molecule has 62 valence electrons. The summed E-state index contributed by atoms with van der Waals surface area (Å²) in [5.41, 5.74) is 1.98. The van der Waals surface area contributed by atoms with E-state index in [2.05, 4.69) is 0 Å². The second-order valence-electron chi connectivity index (χ2n) is 2.27. The first kappa shape index (κ1) is 7.96. The summed E-state index contributed by atoms with van der Waals surface area (Å²) in [6.45, 7) is 0. The smallest absolute Gasteiger partial charge is 0.325 e. The zero-order chi connectivity index (χ0) is 8.43. The van der Waals surface area contributed by atoms with Gasteiger partial charge < -0.3 is 5.11 Å². The molecule has 0 aromatic carbocycles. The standard InChI is InChI=1S/C5H8N2O4/c8-4-2-1-3(5(9)10)7(11)6-4/h3,11H,1-2H2,(H,6,8)(H,9,10). The normalized spacial score (nSPS) is 26.3. The molecule has 0 aromatic heterocycles. The van der Waals surface area contributed by atoms with Crippen molar-refractivity contribution in [3.63, 3.8) is 0 Å². The highest BCUT2D eigenvalue weighted by Crippen LogP contribution is 2.08. The maximum atomic E-state index is 10.5. The second kappa shape index (κ2) is 2.85. The zero-order valence-electron chi connectivity index (χ0n) is 5.65. The van der Waals surface area contributed by atoms with Crippen molar-refractivity contribution < 1.29 is 19.9 Å². The number of amides is 1. The molecule has 1 saturated heterocycles. The topological polar surface area (TPSA) is 89.9 Å². The van der Waals surface area contributed by atoms with E-state index < -0.39 is 12.0 Å². The number of nitrogens with one attached hydrogen (secondary N) is 1. The van der Waals surface area contributed by atoms with E-state index in [9.17, 15) is 9.59 Å². The molecule has 1 atom stereocenters. The van der Waals surface area contributed by atoms with Gasteiger partial charge in [0.1, 0.15) is 0 Å². The minimum absolute atomic E-state index is 0.133. The van der Waals surface area contributed by atoms with Gasteiger partial charge >= 0.3 is 5.97 Å². The summed E-state index contributed by atoms with van der Waals surface area (Å²) in [4.78, 5) is 20.9. The van der Waals surface area contributed by atoms with Gasteiger partial charge in [0.15, 0.2) is 6.04 Å². The number of carbonyl (C=O) groups is 2. The van der Waals surface area contributed by atoms with Crippen molar-refractivity contribution in [2.75, 3.05) is 0 Å². The summed E-state index contributed by atoms with van der Waals surface area (Å²) in [6.07, 6.45) is 0.270. The van der Waals surface area contributed by atoms with Crippen molar-refractivity contribution in [2.24, 2.45) is 0 Å². The molecule has 1 amide bonds. The lowest BCUT2D eigenvalue weighted by Gasteiger charge is -2.26. The van der Waals surface area contributed by atoms with E-state index in [-0.39, 0.29) is 18.7 Å². The van der Waals surface area contributed by atoms with Crippen LogP contribution in [-0.2, 0) is 9.59 Å². The van der Waals surface area contributed by atoms with Gasteiger partial charge in [-0.1, -0.05) is 5.17 Å². The van der Waals surface area contributed by atoms with E-state index in [0.717, 1.165) is 0 Å². The van der Waals surface area contributed by atoms with Crippen LogP contribution in [0.15, 0.2) is 0 Å². The van der Waals surface area contributed by atoms with Crippen molar-refractivity contribution in [1.29, 1.82) is 0 Å². The Labute approximate surface area is 62.3 Å². The van der Waals surface area contributed by atoms with Crippen molar-refractivity contribution in [2.45, 2.75) is 18.9 Å². The fourth-order valence-corrected chi connectivity index (χ4v) is 0.880. The number of carboxylic acid groups (broad SMARTS) is 1. The summed E-state index contributed by atoms with van der Waals surface area (Å²) < 4.78 is 0. The van der Waals surface area contributed by atoms with Crippen molar-refractivity contribution in [3.8, 4) is 0 Å². The first-order chi connectivity index (χ1) is 5.11. The van der Waals surface area contributed by atoms with E-state index in [4.69, 9.17) is 10.3 Å². The fourth-order valence-electron chi connectivity index (χ4n) is 0.880. The van der Waals surface area contributed by atoms with E-state index >= 15 is 0 Å². The van der Waals surface area contributed by atoms with Crippen LogP contribution in [0.5, 0.6) is 0 Å². The number of nitrogens with zero attached hydrogens (tertiary/aromatic N) is 1. The third-order valence-corrected chi connectivity index (χ3v) is 1.46. The van der Waals surface area contributed by atoms with Crippen LogP contribution in [0.25, 0.3) is 0 Å². The molecule has 0 radical (unpaired) electrons.